The maximum atomic E-state index is 12.2. The SMILES string of the molecule is NC1CN(F)CC1F. The minimum Gasteiger partial charge on any atom is -0.324 e. The zero-order valence-corrected chi connectivity index (χ0v) is 4.35. The smallest absolute Gasteiger partial charge is 0.132 e. The van der Waals surface area contributed by atoms with Gasteiger partial charge in [-0.2, -0.15) is 0 Å². The van der Waals surface area contributed by atoms with Crippen molar-refractivity contribution in [1.82, 2.24) is 5.12 Å². The second kappa shape index (κ2) is 1.95. The molecule has 0 aromatic carbocycles. The highest BCUT2D eigenvalue weighted by molar-refractivity contribution is 4.82. The molecule has 1 aliphatic rings. The number of nitrogens with two attached hydrogens (primary N) is 1. The largest absolute Gasteiger partial charge is 0.324 e. The van der Waals surface area contributed by atoms with E-state index in [0.717, 1.165) is 0 Å². The Morgan fingerprint density at radius 1 is 1.50 bits per heavy atom. The summed E-state index contributed by atoms with van der Waals surface area (Å²) in [4.78, 5) is 0. The van der Waals surface area contributed by atoms with Crippen LogP contribution in [0.2, 0.25) is 0 Å². The lowest BCUT2D eigenvalue weighted by Crippen LogP contribution is -2.29. The fourth-order valence-electron chi connectivity index (χ4n) is 0.742. The molecule has 2 N–H and O–H groups in total. The van der Waals surface area contributed by atoms with Gasteiger partial charge in [-0.1, -0.05) is 0 Å². The maximum absolute atomic E-state index is 12.2. The molecule has 1 rings (SSSR count). The number of alkyl halides is 1. The van der Waals surface area contributed by atoms with Gasteiger partial charge < -0.3 is 5.73 Å². The molecule has 1 fully saturated rings. The van der Waals surface area contributed by atoms with E-state index in [1.54, 1.807) is 0 Å². The summed E-state index contributed by atoms with van der Waals surface area (Å²) in [7, 11) is 0. The van der Waals surface area contributed by atoms with Crippen LogP contribution in [0.3, 0.4) is 0 Å². The van der Waals surface area contributed by atoms with Gasteiger partial charge in [0.15, 0.2) is 0 Å². The van der Waals surface area contributed by atoms with Crippen LogP contribution in [0.4, 0.5) is 8.87 Å². The highest BCUT2D eigenvalue weighted by Crippen LogP contribution is 2.10. The van der Waals surface area contributed by atoms with Crippen LogP contribution in [-0.4, -0.2) is 30.4 Å². The quantitative estimate of drug-likeness (QED) is 0.453. The average molecular weight is 122 g/mol. The lowest BCUT2D eigenvalue weighted by atomic mass is 10.3. The first-order chi connectivity index (χ1) is 3.70. The van der Waals surface area contributed by atoms with Gasteiger partial charge in [0.1, 0.15) is 6.17 Å². The molecule has 0 amide bonds. The first kappa shape index (κ1) is 5.91. The molecular formula is C4H8F2N2. The molecule has 2 unspecified atom stereocenters. The van der Waals surface area contributed by atoms with Crippen LogP contribution in [0.1, 0.15) is 0 Å². The molecule has 0 radical (unpaired) electrons. The van der Waals surface area contributed by atoms with E-state index in [4.69, 9.17) is 5.73 Å². The Kier molecular flexibility index (Phi) is 1.44. The standard InChI is InChI=1S/C4H8F2N2/c5-3-1-8(6)2-4(3)7/h3-4H,1-2,7H2. The summed E-state index contributed by atoms with van der Waals surface area (Å²) >= 11 is 0. The molecule has 48 valence electrons. The zero-order chi connectivity index (χ0) is 6.15. The Hall–Kier alpha value is -0.220. The van der Waals surface area contributed by atoms with E-state index in [1.807, 2.05) is 0 Å². The van der Waals surface area contributed by atoms with E-state index in [2.05, 4.69) is 0 Å². The van der Waals surface area contributed by atoms with Gasteiger partial charge in [0.25, 0.3) is 0 Å². The predicted molar refractivity (Wildman–Crippen MR) is 25.6 cm³/mol. The summed E-state index contributed by atoms with van der Waals surface area (Å²) in [6.45, 7) is -0.137. The molecule has 0 saturated carbocycles. The summed E-state index contributed by atoms with van der Waals surface area (Å²) in [6, 6.07) is -0.625. The van der Waals surface area contributed by atoms with Gasteiger partial charge in [-0.05, 0) is 0 Å². The number of nitrogens with zero attached hydrogens (tertiary/aromatic N) is 1. The normalized spacial score (nSPS) is 40.9. The first-order valence-corrected chi connectivity index (χ1v) is 2.50. The highest BCUT2D eigenvalue weighted by Gasteiger charge is 2.29. The highest BCUT2D eigenvalue weighted by atomic mass is 19.2. The van der Waals surface area contributed by atoms with Crippen molar-refractivity contribution in [1.29, 1.82) is 0 Å². The summed E-state index contributed by atoms with van der Waals surface area (Å²) in [5.41, 5.74) is 5.11. The Morgan fingerprint density at radius 3 is 2.25 bits per heavy atom. The third-order valence-corrected chi connectivity index (χ3v) is 1.25. The zero-order valence-electron chi connectivity index (χ0n) is 4.35. The third kappa shape index (κ3) is 0.952. The van der Waals surface area contributed by atoms with Crippen molar-refractivity contribution in [2.24, 2.45) is 5.73 Å². The molecule has 4 heteroatoms. The molecule has 0 spiro atoms. The van der Waals surface area contributed by atoms with Crippen molar-refractivity contribution in [3.05, 3.63) is 0 Å². The Balaban J connectivity index is 2.39. The van der Waals surface area contributed by atoms with Crippen molar-refractivity contribution in [3.63, 3.8) is 0 Å². The van der Waals surface area contributed by atoms with E-state index in [9.17, 15) is 8.87 Å². The Labute approximate surface area is 46.2 Å². The van der Waals surface area contributed by atoms with Crippen molar-refractivity contribution >= 4 is 0 Å². The summed E-state index contributed by atoms with van der Waals surface area (Å²) in [5, 5.41) is 0.398. The molecule has 1 heterocycles. The fraction of sp³-hybridized carbons (Fsp3) is 1.00. The first-order valence-electron chi connectivity index (χ1n) is 2.50. The molecule has 1 aliphatic heterocycles. The van der Waals surface area contributed by atoms with Crippen LogP contribution in [0, 0.1) is 0 Å². The monoisotopic (exact) mass is 122 g/mol. The summed E-state index contributed by atoms with van der Waals surface area (Å²) in [6.07, 6.45) is -1.18. The van der Waals surface area contributed by atoms with Crippen LogP contribution < -0.4 is 5.73 Å². The lowest BCUT2D eigenvalue weighted by Gasteiger charge is -1.99. The molecule has 8 heavy (non-hydrogen) atoms. The van der Waals surface area contributed by atoms with Crippen molar-refractivity contribution in [2.75, 3.05) is 13.1 Å². The maximum Gasteiger partial charge on any atom is 0.132 e. The second-order valence-electron chi connectivity index (χ2n) is 2.01. The second-order valence-corrected chi connectivity index (χ2v) is 2.01. The fourth-order valence-corrected chi connectivity index (χ4v) is 0.742. The molecule has 0 aromatic heterocycles. The Morgan fingerprint density at radius 2 is 2.12 bits per heavy atom. The molecular weight excluding hydrogens is 114 g/mol. The van der Waals surface area contributed by atoms with Gasteiger partial charge in [0.05, 0.1) is 12.6 Å². The van der Waals surface area contributed by atoms with Gasteiger partial charge in [0, 0.05) is 6.54 Å². The van der Waals surface area contributed by atoms with Crippen LogP contribution in [0.15, 0.2) is 0 Å². The number of rotatable bonds is 0. The van der Waals surface area contributed by atoms with Gasteiger partial charge in [0.2, 0.25) is 0 Å². The van der Waals surface area contributed by atoms with Gasteiger partial charge in [-0.25, -0.2) is 4.39 Å². The van der Waals surface area contributed by atoms with E-state index in [1.165, 1.54) is 0 Å². The van der Waals surface area contributed by atoms with E-state index >= 15 is 0 Å². The number of hydrogen-bond acceptors (Lipinski definition) is 2. The van der Waals surface area contributed by atoms with Crippen molar-refractivity contribution in [2.45, 2.75) is 12.2 Å². The van der Waals surface area contributed by atoms with Crippen LogP contribution in [0.5, 0.6) is 0 Å². The topological polar surface area (TPSA) is 29.3 Å². The van der Waals surface area contributed by atoms with Crippen molar-refractivity contribution < 1.29 is 8.87 Å². The molecule has 0 bridgehead atoms. The minimum atomic E-state index is -1.18. The van der Waals surface area contributed by atoms with Crippen LogP contribution in [-0.2, 0) is 0 Å². The van der Waals surface area contributed by atoms with E-state index in [-0.39, 0.29) is 13.1 Å². The predicted octanol–water partition coefficient (Wildman–Crippen LogP) is -0.148. The summed E-state index contributed by atoms with van der Waals surface area (Å²) < 4.78 is 24.1. The molecule has 0 aliphatic carbocycles. The third-order valence-electron chi connectivity index (χ3n) is 1.25. The average Bonchev–Trinajstić information content (AvgIpc) is 1.85. The molecule has 2 nitrogen and oxygen atoms in total. The van der Waals surface area contributed by atoms with Gasteiger partial charge in [-0.3, -0.25) is 0 Å². The van der Waals surface area contributed by atoms with E-state index in [0.29, 0.717) is 5.12 Å². The Bertz CT molecular complexity index is 78.1. The molecule has 2 atom stereocenters. The van der Waals surface area contributed by atoms with E-state index < -0.39 is 12.2 Å². The molecule has 0 aromatic rings. The van der Waals surface area contributed by atoms with Gasteiger partial charge in [-0.15, -0.1) is 9.60 Å². The van der Waals surface area contributed by atoms with Crippen LogP contribution in [0.25, 0.3) is 0 Å². The lowest BCUT2D eigenvalue weighted by molar-refractivity contribution is 0.0487. The van der Waals surface area contributed by atoms with Crippen molar-refractivity contribution in [3.8, 4) is 0 Å². The van der Waals surface area contributed by atoms with Crippen LogP contribution >= 0.6 is 0 Å². The molecule has 1 saturated heterocycles. The summed E-state index contributed by atoms with van der Waals surface area (Å²) in [5.74, 6) is 0. The minimum absolute atomic E-state index is 0.0289. The number of hydrogen-bond donors (Lipinski definition) is 1. The van der Waals surface area contributed by atoms with Gasteiger partial charge >= 0.3 is 0 Å². The number of halogens is 2.